The van der Waals surface area contributed by atoms with Gasteiger partial charge in [0.1, 0.15) is 0 Å². The third-order valence-electron chi connectivity index (χ3n) is 2.00. The van der Waals surface area contributed by atoms with Crippen molar-refractivity contribution in [1.82, 2.24) is 0 Å². The zero-order valence-corrected chi connectivity index (χ0v) is 7.49. The van der Waals surface area contributed by atoms with Gasteiger partial charge in [-0.25, -0.2) is 4.39 Å². The highest BCUT2D eigenvalue weighted by molar-refractivity contribution is 7.99. The molecule has 0 saturated carbocycles. The smallest absolute Gasteiger partial charge is 0.164 e. The molecule has 0 spiro atoms. The maximum atomic E-state index is 13.0. The topological polar surface area (TPSA) is 17.1 Å². The van der Waals surface area contributed by atoms with E-state index in [1.807, 2.05) is 0 Å². The molecule has 0 bridgehead atoms. The lowest BCUT2D eigenvalue weighted by Gasteiger charge is -2.22. The van der Waals surface area contributed by atoms with E-state index >= 15 is 0 Å². The summed E-state index contributed by atoms with van der Waals surface area (Å²) in [6.07, 6.45) is 0.736. The lowest BCUT2D eigenvalue weighted by atomic mass is 9.97. The van der Waals surface area contributed by atoms with Crippen LogP contribution in [0, 0.1) is 5.92 Å². The van der Waals surface area contributed by atoms with Gasteiger partial charge in [0.05, 0.1) is 0 Å². The van der Waals surface area contributed by atoms with Gasteiger partial charge in [-0.3, -0.25) is 4.79 Å². The van der Waals surface area contributed by atoms with Gasteiger partial charge in [-0.1, -0.05) is 0 Å². The number of alkyl halides is 1. The molecule has 0 radical (unpaired) electrons. The number of ketones is 1. The van der Waals surface area contributed by atoms with Gasteiger partial charge in [-0.15, -0.1) is 0 Å². The van der Waals surface area contributed by atoms with Gasteiger partial charge in [-0.2, -0.15) is 11.8 Å². The molecule has 0 aromatic rings. The molecule has 1 aliphatic rings. The summed E-state index contributed by atoms with van der Waals surface area (Å²) in [6.45, 7) is 1.34. The number of rotatable bonds is 2. The molecule has 2 unspecified atom stereocenters. The van der Waals surface area contributed by atoms with Crippen molar-refractivity contribution >= 4 is 17.5 Å². The molecule has 0 aromatic carbocycles. The summed E-state index contributed by atoms with van der Waals surface area (Å²) in [5, 5.41) is 0. The summed E-state index contributed by atoms with van der Waals surface area (Å²) in [5.74, 6) is 1.63. The monoisotopic (exact) mass is 176 g/mol. The van der Waals surface area contributed by atoms with E-state index in [4.69, 9.17) is 0 Å². The average molecular weight is 176 g/mol. The van der Waals surface area contributed by atoms with Crippen molar-refractivity contribution in [3.05, 3.63) is 0 Å². The Bertz CT molecular complexity index is 143. The number of carbonyl (C=O) groups excluding carboxylic acids is 1. The standard InChI is InChI=1S/C8H13FOS/c1-6(10)8(9)7-3-2-4-11-5-7/h7-8H,2-5H2,1H3. The van der Waals surface area contributed by atoms with Crippen molar-refractivity contribution in [2.24, 2.45) is 5.92 Å². The highest BCUT2D eigenvalue weighted by atomic mass is 32.2. The van der Waals surface area contributed by atoms with E-state index in [0.717, 1.165) is 24.3 Å². The Hall–Kier alpha value is -0.0500. The Labute approximate surface area is 70.7 Å². The van der Waals surface area contributed by atoms with Gasteiger partial charge < -0.3 is 0 Å². The second-order valence-electron chi connectivity index (χ2n) is 2.99. The van der Waals surface area contributed by atoms with Crippen LogP contribution in [0.3, 0.4) is 0 Å². The van der Waals surface area contributed by atoms with Crippen LogP contribution in [0.5, 0.6) is 0 Å². The lowest BCUT2D eigenvalue weighted by molar-refractivity contribution is -0.123. The van der Waals surface area contributed by atoms with Gasteiger partial charge >= 0.3 is 0 Å². The molecule has 3 heteroatoms. The Morgan fingerprint density at radius 3 is 2.91 bits per heavy atom. The molecule has 1 rings (SSSR count). The summed E-state index contributed by atoms with van der Waals surface area (Å²) >= 11 is 1.76. The van der Waals surface area contributed by atoms with Crippen molar-refractivity contribution in [2.45, 2.75) is 25.9 Å². The van der Waals surface area contributed by atoms with Crippen LogP contribution in [-0.4, -0.2) is 23.5 Å². The minimum absolute atomic E-state index is 0.00810. The van der Waals surface area contributed by atoms with Crippen molar-refractivity contribution in [3.8, 4) is 0 Å². The largest absolute Gasteiger partial charge is 0.297 e. The third-order valence-corrected chi connectivity index (χ3v) is 3.24. The first kappa shape index (κ1) is 9.04. The number of hydrogen-bond acceptors (Lipinski definition) is 2. The molecular formula is C8H13FOS. The third kappa shape index (κ3) is 2.47. The SMILES string of the molecule is CC(=O)C(F)C1CCCSC1. The summed E-state index contributed by atoms with van der Waals surface area (Å²) in [7, 11) is 0. The van der Waals surface area contributed by atoms with E-state index in [0.29, 0.717) is 0 Å². The summed E-state index contributed by atoms with van der Waals surface area (Å²) in [5.41, 5.74) is 0. The molecule has 64 valence electrons. The van der Waals surface area contributed by atoms with E-state index in [1.54, 1.807) is 11.8 Å². The Kier molecular flexibility index (Phi) is 3.37. The first-order valence-electron chi connectivity index (χ1n) is 3.94. The number of Topliss-reactive ketones (excluding diaryl/α,β-unsaturated/α-hetero) is 1. The first-order valence-corrected chi connectivity index (χ1v) is 5.09. The molecule has 1 fully saturated rings. The van der Waals surface area contributed by atoms with Crippen molar-refractivity contribution in [2.75, 3.05) is 11.5 Å². The predicted octanol–water partition coefficient (Wildman–Crippen LogP) is 2.06. The molecular weight excluding hydrogens is 163 g/mol. The van der Waals surface area contributed by atoms with E-state index in [2.05, 4.69) is 0 Å². The molecule has 2 atom stereocenters. The quantitative estimate of drug-likeness (QED) is 0.640. The molecule has 11 heavy (non-hydrogen) atoms. The molecule has 1 nitrogen and oxygen atoms in total. The van der Waals surface area contributed by atoms with Crippen molar-refractivity contribution in [1.29, 1.82) is 0 Å². The van der Waals surface area contributed by atoms with Gasteiger partial charge in [0.25, 0.3) is 0 Å². The minimum Gasteiger partial charge on any atom is -0.297 e. The minimum atomic E-state index is -1.21. The second kappa shape index (κ2) is 4.10. The molecule has 1 aliphatic heterocycles. The molecule has 1 heterocycles. The van der Waals surface area contributed by atoms with Crippen LogP contribution in [0.4, 0.5) is 4.39 Å². The highest BCUT2D eigenvalue weighted by Crippen LogP contribution is 2.26. The normalized spacial score (nSPS) is 28.0. The van der Waals surface area contributed by atoms with Crippen LogP contribution in [0.2, 0.25) is 0 Å². The fourth-order valence-corrected chi connectivity index (χ4v) is 2.50. The predicted molar refractivity (Wildman–Crippen MR) is 45.6 cm³/mol. The Morgan fingerprint density at radius 2 is 2.45 bits per heavy atom. The van der Waals surface area contributed by atoms with E-state index in [-0.39, 0.29) is 11.7 Å². The maximum Gasteiger partial charge on any atom is 0.164 e. The highest BCUT2D eigenvalue weighted by Gasteiger charge is 2.26. The molecule has 0 amide bonds. The lowest BCUT2D eigenvalue weighted by Crippen LogP contribution is -2.27. The zero-order chi connectivity index (χ0) is 8.27. The van der Waals surface area contributed by atoms with Gasteiger partial charge in [0, 0.05) is 5.92 Å². The fraction of sp³-hybridized carbons (Fsp3) is 0.875. The first-order chi connectivity index (χ1) is 5.22. The second-order valence-corrected chi connectivity index (χ2v) is 4.14. The van der Waals surface area contributed by atoms with Crippen LogP contribution in [0.25, 0.3) is 0 Å². The van der Waals surface area contributed by atoms with Crippen LogP contribution in [0.15, 0.2) is 0 Å². The van der Waals surface area contributed by atoms with Gasteiger partial charge in [-0.05, 0) is 31.3 Å². The molecule has 0 aromatic heterocycles. The number of thioether (sulfide) groups is 1. The molecule has 0 N–H and O–H groups in total. The zero-order valence-electron chi connectivity index (χ0n) is 6.68. The van der Waals surface area contributed by atoms with Crippen LogP contribution >= 0.6 is 11.8 Å². The number of carbonyl (C=O) groups is 1. The van der Waals surface area contributed by atoms with Crippen LogP contribution < -0.4 is 0 Å². The van der Waals surface area contributed by atoms with E-state index in [9.17, 15) is 9.18 Å². The van der Waals surface area contributed by atoms with Gasteiger partial charge in [0.2, 0.25) is 0 Å². The van der Waals surface area contributed by atoms with E-state index in [1.165, 1.54) is 6.92 Å². The fourth-order valence-electron chi connectivity index (χ4n) is 1.33. The average Bonchev–Trinajstić information content (AvgIpc) is 2.05. The summed E-state index contributed by atoms with van der Waals surface area (Å²) in [6, 6.07) is 0. The molecule has 0 aliphatic carbocycles. The maximum absolute atomic E-state index is 13.0. The Balaban J connectivity index is 2.38. The van der Waals surface area contributed by atoms with Gasteiger partial charge in [0.15, 0.2) is 12.0 Å². The van der Waals surface area contributed by atoms with Crippen molar-refractivity contribution in [3.63, 3.8) is 0 Å². The van der Waals surface area contributed by atoms with E-state index < -0.39 is 6.17 Å². The molecule has 1 saturated heterocycles. The number of hydrogen-bond donors (Lipinski definition) is 0. The Morgan fingerprint density at radius 1 is 1.73 bits per heavy atom. The van der Waals surface area contributed by atoms with Crippen LogP contribution in [0.1, 0.15) is 19.8 Å². The van der Waals surface area contributed by atoms with Crippen molar-refractivity contribution < 1.29 is 9.18 Å². The van der Waals surface area contributed by atoms with Crippen LogP contribution in [-0.2, 0) is 4.79 Å². The summed E-state index contributed by atoms with van der Waals surface area (Å²) in [4.78, 5) is 10.7. The summed E-state index contributed by atoms with van der Waals surface area (Å²) < 4.78 is 13.0. The number of halogens is 1.